The molecule has 0 bridgehead atoms. The van der Waals surface area contributed by atoms with Crippen LogP contribution in [0.15, 0.2) is 46.9 Å². The van der Waals surface area contributed by atoms with Gasteiger partial charge in [0.2, 0.25) is 0 Å². The maximum atomic E-state index is 3.70. The number of hydrogen-bond acceptors (Lipinski definition) is 1. The Labute approximate surface area is 136 Å². The second-order valence-corrected chi connectivity index (χ2v) is 6.61. The van der Waals surface area contributed by atoms with Crippen LogP contribution in [0.5, 0.6) is 0 Å². The van der Waals surface area contributed by atoms with Crippen LogP contribution in [0, 0.1) is 13.8 Å². The SMILES string of the molecule is CCCNC(Cc1ccc(Br)cc1)c1ccc(C)cc1C. The van der Waals surface area contributed by atoms with Crippen molar-refractivity contribution < 1.29 is 0 Å². The summed E-state index contributed by atoms with van der Waals surface area (Å²) in [5.41, 5.74) is 5.48. The smallest absolute Gasteiger partial charge is 0.0363 e. The van der Waals surface area contributed by atoms with Gasteiger partial charge >= 0.3 is 0 Å². The van der Waals surface area contributed by atoms with Crippen LogP contribution in [-0.2, 0) is 6.42 Å². The Bertz CT molecular complexity index is 575. The second-order valence-electron chi connectivity index (χ2n) is 5.70. The molecule has 112 valence electrons. The highest BCUT2D eigenvalue weighted by molar-refractivity contribution is 9.10. The molecule has 0 aliphatic carbocycles. The molecule has 2 aromatic carbocycles. The lowest BCUT2D eigenvalue weighted by Gasteiger charge is -2.21. The highest BCUT2D eigenvalue weighted by atomic mass is 79.9. The van der Waals surface area contributed by atoms with Crippen molar-refractivity contribution in [2.75, 3.05) is 6.54 Å². The summed E-state index contributed by atoms with van der Waals surface area (Å²) < 4.78 is 1.14. The average molecular weight is 346 g/mol. The van der Waals surface area contributed by atoms with Crippen LogP contribution in [0.4, 0.5) is 0 Å². The fourth-order valence-corrected chi connectivity index (χ4v) is 2.95. The quantitative estimate of drug-likeness (QED) is 0.743. The van der Waals surface area contributed by atoms with Gasteiger partial charge in [-0.15, -0.1) is 0 Å². The molecule has 1 atom stereocenters. The summed E-state index contributed by atoms with van der Waals surface area (Å²) in [5.74, 6) is 0. The fourth-order valence-electron chi connectivity index (χ4n) is 2.68. The van der Waals surface area contributed by atoms with Gasteiger partial charge < -0.3 is 5.32 Å². The van der Waals surface area contributed by atoms with Crippen molar-refractivity contribution in [3.63, 3.8) is 0 Å². The Morgan fingerprint density at radius 1 is 1.05 bits per heavy atom. The molecule has 0 aliphatic rings. The van der Waals surface area contributed by atoms with E-state index < -0.39 is 0 Å². The monoisotopic (exact) mass is 345 g/mol. The van der Waals surface area contributed by atoms with Crippen LogP contribution in [0.2, 0.25) is 0 Å². The van der Waals surface area contributed by atoms with E-state index in [2.05, 4.69) is 84.5 Å². The van der Waals surface area contributed by atoms with Crippen molar-refractivity contribution in [2.24, 2.45) is 0 Å². The van der Waals surface area contributed by atoms with Gasteiger partial charge in [-0.1, -0.05) is 58.7 Å². The van der Waals surface area contributed by atoms with E-state index in [1.165, 1.54) is 22.3 Å². The Balaban J connectivity index is 2.22. The molecule has 0 saturated heterocycles. The highest BCUT2D eigenvalue weighted by Crippen LogP contribution is 2.23. The van der Waals surface area contributed by atoms with Crippen LogP contribution in [0.1, 0.15) is 41.6 Å². The molecule has 0 aromatic heterocycles. The largest absolute Gasteiger partial charge is 0.310 e. The molecule has 2 aromatic rings. The van der Waals surface area contributed by atoms with Crippen molar-refractivity contribution in [1.29, 1.82) is 0 Å². The number of benzene rings is 2. The van der Waals surface area contributed by atoms with E-state index in [1.807, 2.05) is 0 Å². The van der Waals surface area contributed by atoms with Crippen LogP contribution < -0.4 is 5.32 Å². The Kier molecular flexibility index (Phi) is 6.01. The van der Waals surface area contributed by atoms with Gasteiger partial charge in [0.1, 0.15) is 0 Å². The summed E-state index contributed by atoms with van der Waals surface area (Å²) in [5, 5.41) is 3.70. The summed E-state index contributed by atoms with van der Waals surface area (Å²) in [6.07, 6.45) is 2.18. The van der Waals surface area contributed by atoms with Crippen molar-refractivity contribution in [1.82, 2.24) is 5.32 Å². The van der Waals surface area contributed by atoms with E-state index in [-0.39, 0.29) is 0 Å². The summed E-state index contributed by atoms with van der Waals surface area (Å²) >= 11 is 3.50. The number of halogens is 1. The van der Waals surface area contributed by atoms with Gasteiger partial charge in [0.05, 0.1) is 0 Å². The molecule has 2 heteroatoms. The molecule has 0 spiro atoms. The number of rotatable bonds is 6. The van der Waals surface area contributed by atoms with Crippen molar-refractivity contribution in [3.05, 3.63) is 69.2 Å². The van der Waals surface area contributed by atoms with E-state index in [0.29, 0.717) is 6.04 Å². The average Bonchev–Trinajstić information content (AvgIpc) is 2.46. The predicted molar refractivity (Wildman–Crippen MR) is 94.8 cm³/mol. The third kappa shape index (κ3) is 4.69. The molecule has 0 aliphatic heterocycles. The maximum absolute atomic E-state index is 3.70. The molecule has 21 heavy (non-hydrogen) atoms. The molecule has 0 amide bonds. The van der Waals surface area contributed by atoms with Gasteiger partial charge in [-0.25, -0.2) is 0 Å². The normalized spacial score (nSPS) is 12.4. The minimum Gasteiger partial charge on any atom is -0.310 e. The zero-order valence-corrected chi connectivity index (χ0v) is 14.7. The van der Waals surface area contributed by atoms with Crippen LogP contribution >= 0.6 is 15.9 Å². The number of aryl methyl sites for hydroxylation is 2. The number of hydrogen-bond donors (Lipinski definition) is 1. The minimum atomic E-state index is 0.381. The highest BCUT2D eigenvalue weighted by Gasteiger charge is 2.13. The number of nitrogens with one attached hydrogen (secondary N) is 1. The van der Waals surface area contributed by atoms with E-state index >= 15 is 0 Å². The summed E-state index contributed by atoms with van der Waals surface area (Å²) in [4.78, 5) is 0. The molecule has 0 fully saturated rings. The third-order valence-corrected chi connectivity index (χ3v) is 4.32. The molecule has 0 radical (unpaired) electrons. The zero-order chi connectivity index (χ0) is 15.2. The first kappa shape index (κ1) is 16.3. The Morgan fingerprint density at radius 3 is 2.38 bits per heavy atom. The Hall–Kier alpha value is -1.12. The summed E-state index contributed by atoms with van der Waals surface area (Å²) in [6, 6.07) is 15.8. The molecule has 2 rings (SSSR count). The van der Waals surface area contributed by atoms with Gasteiger partial charge in [0, 0.05) is 10.5 Å². The van der Waals surface area contributed by atoms with Crippen molar-refractivity contribution in [3.8, 4) is 0 Å². The first-order chi connectivity index (χ1) is 10.1. The van der Waals surface area contributed by atoms with E-state index in [4.69, 9.17) is 0 Å². The van der Waals surface area contributed by atoms with Gasteiger partial charge in [0.25, 0.3) is 0 Å². The minimum absolute atomic E-state index is 0.381. The molecular weight excluding hydrogens is 322 g/mol. The standard InChI is InChI=1S/C19H24BrN/c1-4-11-21-19(13-16-6-8-17(20)9-7-16)18-10-5-14(2)12-15(18)3/h5-10,12,19,21H,4,11,13H2,1-3H3. The Morgan fingerprint density at radius 2 is 1.76 bits per heavy atom. The van der Waals surface area contributed by atoms with Crippen LogP contribution in [0.3, 0.4) is 0 Å². The predicted octanol–water partition coefficient (Wildman–Crippen LogP) is 5.35. The van der Waals surface area contributed by atoms with Crippen LogP contribution in [0.25, 0.3) is 0 Å². The summed E-state index contributed by atoms with van der Waals surface area (Å²) in [7, 11) is 0. The second kappa shape index (κ2) is 7.77. The molecule has 1 nitrogen and oxygen atoms in total. The van der Waals surface area contributed by atoms with Gasteiger partial charge in [0.15, 0.2) is 0 Å². The lowest BCUT2D eigenvalue weighted by atomic mass is 9.94. The molecule has 1 unspecified atom stereocenters. The molecule has 0 saturated carbocycles. The first-order valence-electron chi connectivity index (χ1n) is 7.65. The van der Waals surface area contributed by atoms with Crippen molar-refractivity contribution in [2.45, 2.75) is 39.7 Å². The fraction of sp³-hybridized carbons (Fsp3) is 0.368. The molecule has 0 heterocycles. The van der Waals surface area contributed by atoms with Crippen LogP contribution in [-0.4, -0.2) is 6.54 Å². The third-order valence-electron chi connectivity index (χ3n) is 3.79. The zero-order valence-electron chi connectivity index (χ0n) is 13.1. The first-order valence-corrected chi connectivity index (χ1v) is 8.44. The topological polar surface area (TPSA) is 12.0 Å². The molecule has 1 N–H and O–H groups in total. The van der Waals surface area contributed by atoms with Gasteiger partial charge in [-0.3, -0.25) is 0 Å². The lowest BCUT2D eigenvalue weighted by Crippen LogP contribution is -2.24. The lowest BCUT2D eigenvalue weighted by molar-refractivity contribution is 0.527. The van der Waals surface area contributed by atoms with E-state index in [0.717, 1.165) is 23.9 Å². The van der Waals surface area contributed by atoms with E-state index in [1.54, 1.807) is 0 Å². The van der Waals surface area contributed by atoms with Crippen molar-refractivity contribution >= 4 is 15.9 Å². The summed E-state index contributed by atoms with van der Waals surface area (Å²) in [6.45, 7) is 7.63. The van der Waals surface area contributed by atoms with E-state index in [9.17, 15) is 0 Å². The van der Waals surface area contributed by atoms with Gasteiger partial charge in [-0.2, -0.15) is 0 Å². The molecular formula is C19H24BrN. The van der Waals surface area contributed by atoms with Gasteiger partial charge in [-0.05, 0) is 62.1 Å². The maximum Gasteiger partial charge on any atom is 0.0363 e.